The Morgan fingerprint density at radius 1 is 0.852 bits per heavy atom. The molecule has 154 valence electrons. The lowest BCUT2D eigenvalue weighted by Gasteiger charge is -2.06. The summed E-state index contributed by atoms with van der Waals surface area (Å²) in [7, 11) is 1.00. The lowest BCUT2D eigenvalue weighted by atomic mass is 9.99. The molecule has 0 saturated carbocycles. The fraction of sp³-hybridized carbons (Fsp3) is 0.480. The molecule has 0 aliphatic rings. The number of unbranched alkanes of at least 4 members (excludes halogenated alkanes) is 1. The largest absolute Gasteiger partial charge is 0.400 e. The van der Waals surface area contributed by atoms with Crippen LogP contribution in [0.25, 0.3) is 11.1 Å². The van der Waals surface area contributed by atoms with E-state index in [0.717, 1.165) is 13.5 Å². The van der Waals surface area contributed by atoms with Gasteiger partial charge in [0.05, 0.1) is 0 Å². The van der Waals surface area contributed by atoms with Crippen LogP contribution in [0.2, 0.25) is 0 Å². The topological polar surface area (TPSA) is 37.3 Å². The van der Waals surface area contributed by atoms with E-state index in [1.807, 2.05) is 6.92 Å². The predicted molar refractivity (Wildman–Crippen MR) is 122 cm³/mol. The third-order valence-corrected chi connectivity index (χ3v) is 3.82. The molecule has 0 saturated heterocycles. The molecule has 2 heteroatoms. The average Bonchev–Trinajstić information content (AvgIpc) is 2.70. The number of Topliss-reactive ketones (excluding diaryl/α,β-unsaturated/α-hetero) is 1. The van der Waals surface area contributed by atoms with Crippen molar-refractivity contribution in [2.45, 2.75) is 74.7 Å². The standard InChI is InChI=1S/C15H16.C4H8O.C4H10.CH4O.CH4/c1-3-13-8-10-14(11-9-13)15-7-5-4-6-12(15)2;1-3-4(2)5;1-3-4-2;1-2;/h4-11H,3H2,1-2H3;3H2,1-2H3;3-4H2,1-2H3;2H,1H3;1H4. The highest BCUT2D eigenvalue weighted by molar-refractivity contribution is 5.74. The second kappa shape index (κ2) is 20.4. The highest BCUT2D eigenvalue weighted by Crippen LogP contribution is 2.23. The van der Waals surface area contributed by atoms with E-state index in [1.54, 1.807) is 6.92 Å². The van der Waals surface area contributed by atoms with Gasteiger partial charge >= 0.3 is 0 Å². The number of rotatable bonds is 4. The molecule has 0 aromatic heterocycles. The molecular formula is C25H42O2. The fourth-order valence-corrected chi connectivity index (χ4v) is 1.82. The van der Waals surface area contributed by atoms with Gasteiger partial charge in [-0.25, -0.2) is 0 Å². The van der Waals surface area contributed by atoms with Crippen LogP contribution in [0, 0.1) is 6.92 Å². The number of benzene rings is 2. The maximum absolute atomic E-state index is 9.81. The summed E-state index contributed by atoms with van der Waals surface area (Å²) in [6.45, 7) is 12.1. The minimum absolute atomic E-state index is 0. The molecule has 0 bridgehead atoms. The zero-order valence-electron chi connectivity index (χ0n) is 17.8. The number of carbonyl (C=O) groups excluding carboxylic acids is 1. The van der Waals surface area contributed by atoms with Crippen molar-refractivity contribution in [3.63, 3.8) is 0 Å². The second-order valence-electron chi connectivity index (χ2n) is 5.92. The summed E-state index contributed by atoms with van der Waals surface area (Å²) >= 11 is 0. The number of carbonyl (C=O) groups is 1. The first-order valence-electron chi connectivity index (χ1n) is 9.59. The van der Waals surface area contributed by atoms with Gasteiger partial charge in [0.15, 0.2) is 0 Å². The van der Waals surface area contributed by atoms with Crippen LogP contribution in [0.15, 0.2) is 48.5 Å². The van der Waals surface area contributed by atoms with E-state index in [2.05, 4.69) is 76.2 Å². The molecule has 0 unspecified atom stereocenters. The Balaban J connectivity index is -0.000000405. The van der Waals surface area contributed by atoms with Gasteiger partial charge < -0.3 is 9.90 Å². The summed E-state index contributed by atoms with van der Waals surface area (Å²) in [5.74, 6) is 0.255. The number of hydrogen-bond acceptors (Lipinski definition) is 2. The van der Waals surface area contributed by atoms with Crippen LogP contribution in [0.5, 0.6) is 0 Å². The molecule has 2 nitrogen and oxygen atoms in total. The normalized spacial score (nSPS) is 8.44. The SMILES string of the molecule is C.CCC(C)=O.CCCC.CCc1ccc(-c2ccccc2C)cc1.CO. The molecule has 0 radical (unpaired) electrons. The Labute approximate surface area is 168 Å². The van der Waals surface area contributed by atoms with Gasteiger partial charge in [-0.2, -0.15) is 0 Å². The van der Waals surface area contributed by atoms with Crippen LogP contribution in [-0.2, 0) is 11.2 Å². The van der Waals surface area contributed by atoms with Crippen LogP contribution in [0.4, 0.5) is 0 Å². The van der Waals surface area contributed by atoms with Crippen molar-refractivity contribution in [3.05, 3.63) is 59.7 Å². The van der Waals surface area contributed by atoms with E-state index in [4.69, 9.17) is 5.11 Å². The highest BCUT2D eigenvalue weighted by Gasteiger charge is 1.99. The van der Waals surface area contributed by atoms with Crippen molar-refractivity contribution < 1.29 is 9.90 Å². The van der Waals surface area contributed by atoms with E-state index >= 15 is 0 Å². The van der Waals surface area contributed by atoms with Crippen LogP contribution < -0.4 is 0 Å². The number of aryl methyl sites for hydroxylation is 2. The summed E-state index contributed by atoms with van der Waals surface area (Å²) in [6, 6.07) is 17.3. The van der Waals surface area contributed by atoms with Crippen molar-refractivity contribution >= 4 is 5.78 Å². The quantitative estimate of drug-likeness (QED) is 0.611. The van der Waals surface area contributed by atoms with E-state index in [0.29, 0.717) is 6.42 Å². The van der Waals surface area contributed by atoms with Gasteiger partial charge in [-0.1, -0.05) is 96.5 Å². The molecule has 1 N–H and O–H groups in total. The summed E-state index contributed by atoms with van der Waals surface area (Å²) < 4.78 is 0. The number of ketones is 1. The maximum Gasteiger partial charge on any atom is 0.129 e. The molecule has 0 atom stereocenters. The van der Waals surface area contributed by atoms with E-state index in [1.165, 1.54) is 35.1 Å². The smallest absolute Gasteiger partial charge is 0.129 e. The summed E-state index contributed by atoms with van der Waals surface area (Å²) in [5, 5.41) is 7.00. The first kappa shape index (κ1) is 29.8. The summed E-state index contributed by atoms with van der Waals surface area (Å²) in [4.78, 5) is 9.81. The summed E-state index contributed by atoms with van der Waals surface area (Å²) in [5.41, 5.74) is 5.37. The van der Waals surface area contributed by atoms with E-state index < -0.39 is 0 Å². The third kappa shape index (κ3) is 14.9. The van der Waals surface area contributed by atoms with Gasteiger partial charge in [0, 0.05) is 13.5 Å². The zero-order chi connectivity index (χ0) is 20.4. The fourth-order valence-electron chi connectivity index (χ4n) is 1.82. The van der Waals surface area contributed by atoms with Crippen molar-refractivity contribution in [1.29, 1.82) is 0 Å². The molecule has 0 fully saturated rings. The highest BCUT2D eigenvalue weighted by atomic mass is 16.2. The molecular weight excluding hydrogens is 332 g/mol. The number of hydrogen-bond donors (Lipinski definition) is 1. The number of aliphatic hydroxyl groups excluding tert-OH is 1. The van der Waals surface area contributed by atoms with Crippen molar-refractivity contribution in [2.24, 2.45) is 0 Å². The molecule has 2 aromatic carbocycles. The first-order chi connectivity index (χ1) is 12.5. The summed E-state index contributed by atoms with van der Waals surface area (Å²) in [6.07, 6.45) is 4.41. The van der Waals surface area contributed by atoms with Crippen molar-refractivity contribution in [2.75, 3.05) is 7.11 Å². The maximum atomic E-state index is 9.81. The van der Waals surface area contributed by atoms with Crippen LogP contribution >= 0.6 is 0 Å². The molecule has 0 amide bonds. The lowest BCUT2D eigenvalue weighted by molar-refractivity contribution is -0.116. The van der Waals surface area contributed by atoms with E-state index in [9.17, 15) is 4.79 Å². The number of aliphatic hydroxyl groups is 1. The van der Waals surface area contributed by atoms with Gasteiger partial charge in [-0.05, 0) is 42.5 Å². The molecule has 27 heavy (non-hydrogen) atoms. The van der Waals surface area contributed by atoms with Gasteiger partial charge in [0.2, 0.25) is 0 Å². The van der Waals surface area contributed by atoms with Crippen LogP contribution in [-0.4, -0.2) is 18.0 Å². The Morgan fingerprint density at radius 3 is 1.63 bits per heavy atom. The lowest BCUT2D eigenvalue weighted by Crippen LogP contribution is -1.84. The first-order valence-corrected chi connectivity index (χ1v) is 9.59. The minimum Gasteiger partial charge on any atom is -0.400 e. The Bertz CT molecular complexity index is 569. The van der Waals surface area contributed by atoms with Crippen LogP contribution in [0.3, 0.4) is 0 Å². The molecule has 0 spiro atoms. The van der Waals surface area contributed by atoms with Gasteiger partial charge in [0.25, 0.3) is 0 Å². The van der Waals surface area contributed by atoms with Crippen molar-refractivity contribution in [3.8, 4) is 11.1 Å². The Morgan fingerprint density at radius 2 is 1.30 bits per heavy atom. The predicted octanol–water partition coefficient (Wildman–Crippen LogP) is 7.26. The second-order valence-corrected chi connectivity index (χ2v) is 5.92. The van der Waals surface area contributed by atoms with Crippen LogP contribution in [0.1, 0.15) is 72.4 Å². The molecule has 2 aromatic rings. The minimum atomic E-state index is 0. The van der Waals surface area contributed by atoms with Crippen molar-refractivity contribution in [1.82, 2.24) is 0 Å². The van der Waals surface area contributed by atoms with Gasteiger partial charge in [-0.3, -0.25) is 0 Å². The third-order valence-electron chi connectivity index (χ3n) is 3.82. The van der Waals surface area contributed by atoms with Gasteiger partial charge in [0.1, 0.15) is 5.78 Å². The zero-order valence-corrected chi connectivity index (χ0v) is 17.8. The van der Waals surface area contributed by atoms with Gasteiger partial charge in [-0.15, -0.1) is 0 Å². The molecule has 0 aliphatic carbocycles. The van der Waals surface area contributed by atoms with E-state index in [-0.39, 0.29) is 13.2 Å². The molecule has 0 aliphatic heterocycles. The Hall–Kier alpha value is -1.93. The average molecular weight is 375 g/mol. The molecule has 0 heterocycles. The molecule has 2 rings (SSSR count). The Kier molecular flexibility index (Phi) is 22.5. The monoisotopic (exact) mass is 374 g/mol.